The number of rotatable bonds is 56. The van der Waals surface area contributed by atoms with E-state index in [2.05, 4.69) is 34.6 Å². The normalized spacial score (nSPS) is 10.7. The Kier molecular flexibility index (Phi) is 100. The summed E-state index contributed by atoms with van der Waals surface area (Å²) < 4.78 is 0. The summed E-state index contributed by atoms with van der Waals surface area (Å²) in [6.45, 7) is 15.7. The summed E-state index contributed by atoms with van der Waals surface area (Å²) >= 11 is 0. The van der Waals surface area contributed by atoms with Crippen molar-refractivity contribution in [2.75, 3.05) is 32.7 Å². The highest BCUT2D eigenvalue weighted by atomic mass is 14.5. The van der Waals surface area contributed by atoms with Gasteiger partial charge >= 0.3 is 0 Å². The Balaban J connectivity index is -0.000000257. The predicted molar refractivity (Wildman–Crippen MR) is 332 cm³/mol. The first-order valence-electron chi connectivity index (χ1n) is 33.6. The smallest absolute Gasteiger partial charge is 0.00773 e. The standard InChI is InChI=1S/4C14H31N.C10H23N/c4*1-2-3-4-5-6-7-8-9-10-11-12-13-14-15;1-2-3-4-5-6-7-8-9-10-11/h4*2-15H2,1H3;2-11H2,1H3. The molecule has 0 atom stereocenters. The van der Waals surface area contributed by atoms with Crippen molar-refractivity contribution in [1.82, 2.24) is 0 Å². The van der Waals surface area contributed by atoms with Crippen LogP contribution in [0.2, 0.25) is 0 Å². The Hall–Kier alpha value is -0.200. The highest BCUT2D eigenvalue weighted by molar-refractivity contribution is 4.53. The molecule has 0 heterocycles. The molecule has 71 heavy (non-hydrogen) atoms. The first-order chi connectivity index (χ1) is 35.1. The number of unbranched alkanes of at least 4 members (excludes halogenated alkanes) is 51. The van der Waals surface area contributed by atoms with E-state index in [-0.39, 0.29) is 0 Å². The van der Waals surface area contributed by atoms with Gasteiger partial charge in [-0.15, -0.1) is 0 Å². The number of nitrogens with two attached hydrogens (primary N) is 5. The lowest BCUT2D eigenvalue weighted by atomic mass is 10.1. The van der Waals surface area contributed by atoms with E-state index in [1.807, 2.05) is 0 Å². The molecule has 0 radical (unpaired) electrons. The molecule has 0 amide bonds. The summed E-state index contributed by atoms with van der Waals surface area (Å²) in [5.74, 6) is 0. The van der Waals surface area contributed by atoms with Crippen molar-refractivity contribution in [3.05, 3.63) is 0 Å². The fourth-order valence-electron chi connectivity index (χ4n) is 9.22. The molecule has 0 fully saturated rings. The van der Waals surface area contributed by atoms with Crippen molar-refractivity contribution < 1.29 is 0 Å². The van der Waals surface area contributed by atoms with Crippen molar-refractivity contribution in [2.45, 2.75) is 394 Å². The molecule has 0 aromatic heterocycles. The molecule has 0 aliphatic carbocycles. The molecule has 10 N–H and O–H groups in total. The lowest BCUT2D eigenvalue weighted by Crippen LogP contribution is -1.97. The van der Waals surface area contributed by atoms with Gasteiger partial charge in [-0.3, -0.25) is 0 Å². The zero-order valence-electron chi connectivity index (χ0n) is 51.0. The van der Waals surface area contributed by atoms with Crippen molar-refractivity contribution in [3.8, 4) is 0 Å². The van der Waals surface area contributed by atoms with Crippen LogP contribution in [-0.4, -0.2) is 32.7 Å². The molecule has 0 saturated heterocycles. The van der Waals surface area contributed by atoms with E-state index in [4.69, 9.17) is 28.7 Å². The fraction of sp³-hybridized carbons (Fsp3) is 1.00. The number of hydrogen-bond acceptors (Lipinski definition) is 5. The molecule has 0 unspecified atom stereocenters. The van der Waals surface area contributed by atoms with E-state index in [9.17, 15) is 0 Å². The summed E-state index contributed by atoms with van der Waals surface area (Å²) in [5.41, 5.74) is 27.2. The summed E-state index contributed by atoms with van der Waals surface area (Å²) in [4.78, 5) is 0. The minimum atomic E-state index is 0.870. The molecular weight excluding hydrogens is 863 g/mol. The highest BCUT2D eigenvalue weighted by Gasteiger charge is 1.96. The Morgan fingerprint density at radius 1 is 0.113 bits per heavy atom. The maximum Gasteiger partial charge on any atom is -0.00773 e. The third-order valence-corrected chi connectivity index (χ3v) is 14.3. The van der Waals surface area contributed by atoms with Gasteiger partial charge in [0.1, 0.15) is 0 Å². The van der Waals surface area contributed by atoms with Crippen LogP contribution in [0.3, 0.4) is 0 Å². The highest BCUT2D eigenvalue weighted by Crippen LogP contribution is 2.15. The van der Waals surface area contributed by atoms with E-state index in [0.717, 1.165) is 32.7 Å². The minimum Gasteiger partial charge on any atom is -0.330 e. The second-order valence-electron chi connectivity index (χ2n) is 22.0. The molecule has 0 aromatic rings. The van der Waals surface area contributed by atoms with Gasteiger partial charge in [-0.25, -0.2) is 0 Å². The Morgan fingerprint density at radius 2 is 0.183 bits per heavy atom. The second kappa shape index (κ2) is 89.4. The molecule has 0 saturated carbocycles. The SMILES string of the molecule is CCCCCCCCCCCCCCN.CCCCCCCCCCCCCCN.CCCCCCCCCCCCCCN.CCCCCCCCCCCCCCN.CCCCCCCCCCN. The topological polar surface area (TPSA) is 130 Å². The zero-order chi connectivity index (χ0) is 53.1. The van der Waals surface area contributed by atoms with Gasteiger partial charge in [-0.2, -0.15) is 0 Å². The molecular formula is C66H147N5. The third-order valence-electron chi connectivity index (χ3n) is 14.3. The first-order valence-corrected chi connectivity index (χ1v) is 33.6. The lowest BCUT2D eigenvalue weighted by Gasteiger charge is -2.01. The van der Waals surface area contributed by atoms with Crippen LogP contribution in [0.4, 0.5) is 0 Å². The summed E-state index contributed by atoms with van der Waals surface area (Å²) in [5, 5.41) is 0. The third kappa shape index (κ3) is 103. The van der Waals surface area contributed by atoms with Crippen LogP contribution in [0, 0.1) is 0 Å². The molecule has 0 aliphatic heterocycles. The molecule has 0 aromatic carbocycles. The lowest BCUT2D eigenvalue weighted by molar-refractivity contribution is 0.545. The summed E-state index contributed by atoms with van der Waals surface area (Å²) in [7, 11) is 0. The Morgan fingerprint density at radius 3 is 0.254 bits per heavy atom. The van der Waals surface area contributed by atoms with Crippen LogP contribution in [-0.2, 0) is 0 Å². The van der Waals surface area contributed by atoms with E-state index in [1.54, 1.807) is 0 Å². The monoisotopic (exact) mass is 1010 g/mol. The largest absolute Gasteiger partial charge is 0.330 e. The molecule has 0 spiro atoms. The van der Waals surface area contributed by atoms with Crippen LogP contribution < -0.4 is 28.7 Å². The fourth-order valence-corrected chi connectivity index (χ4v) is 9.22. The molecule has 436 valence electrons. The maximum atomic E-state index is 5.45. The van der Waals surface area contributed by atoms with Gasteiger partial charge in [-0.1, -0.05) is 362 Å². The quantitative estimate of drug-likeness (QED) is 0.0388. The van der Waals surface area contributed by atoms with Gasteiger partial charge in [0, 0.05) is 0 Å². The van der Waals surface area contributed by atoms with Gasteiger partial charge < -0.3 is 28.7 Å². The Labute approximate surface area is 453 Å². The summed E-state index contributed by atoms with van der Waals surface area (Å²) in [6.07, 6.45) is 78.6. The van der Waals surface area contributed by atoms with Gasteiger partial charge in [0.15, 0.2) is 0 Å². The molecule has 5 nitrogen and oxygen atoms in total. The first kappa shape index (κ1) is 79.7. The molecule has 0 bridgehead atoms. The van der Waals surface area contributed by atoms with Crippen molar-refractivity contribution >= 4 is 0 Å². The van der Waals surface area contributed by atoms with E-state index < -0.39 is 0 Å². The molecule has 5 heteroatoms. The minimum absolute atomic E-state index is 0.870. The van der Waals surface area contributed by atoms with Crippen molar-refractivity contribution in [1.29, 1.82) is 0 Å². The molecule has 0 rings (SSSR count). The van der Waals surface area contributed by atoms with Gasteiger partial charge in [0.25, 0.3) is 0 Å². The van der Waals surface area contributed by atoms with Crippen LogP contribution >= 0.6 is 0 Å². The van der Waals surface area contributed by atoms with Gasteiger partial charge in [0.2, 0.25) is 0 Å². The van der Waals surface area contributed by atoms with E-state index in [0.29, 0.717) is 0 Å². The van der Waals surface area contributed by atoms with Crippen LogP contribution in [0.25, 0.3) is 0 Å². The number of hydrogen-bond donors (Lipinski definition) is 5. The van der Waals surface area contributed by atoms with Gasteiger partial charge in [-0.05, 0) is 64.8 Å². The van der Waals surface area contributed by atoms with E-state index in [1.165, 1.54) is 360 Å². The Bertz CT molecular complexity index is 590. The van der Waals surface area contributed by atoms with Crippen molar-refractivity contribution in [2.24, 2.45) is 28.7 Å². The van der Waals surface area contributed by atoms with E-state index >= 15 is 0 Å². The predicted octanol–water partition coefficient (Wildman–Crippen LogP) is 21.7. The van der Waals surface area contributed by atoms with Crippen LogP contribution in [0.5, 0.6) is 0 Å². The van der Waals surface area contributed by atoms with Crippen LogP contribution in [0.1, 0.15) is 394 Å². The average molecular weight is 1010 g/mol. The summed E-state index contributed by atoms with van der Waals surface area (Å²) in [6, 6.07) is 0. The average Bonchev–Trinajstić information content (AvgIpc) is 3.39. The van der Waals surface area contributed by atoms with Gasteiger partial charge in [0.05, 0.1) is 0 Å². The zero-order valence-corrected chi connectivity index (χ0v) is 51.0. The van der Waals surface area contributed by atoms with Crippen molar-refractivity contribution in [3.63, 3.8) is 0 Å². The second-order valence-corrected chi connectivity index (χ2v) is 22.0. The molecule has 0 aliphatic rings. The van der Waals surface area contributed by atoms with Crippen LogP contribution in [0.15, 0.2) is 0 Å². The maximum absolute atomic E-state index is 5.45.